The molecule has 7 heteroatoms. The maximum Gasteiger partial charge on any atom is 0.177 e. The van der Waals surface area contributed by atoms with E-state index in [1.165, 1.54) is 0 Å². The Bertz CT molecular complexity index is 687. The Labute approximate surface area is 134 Å². The summed E-state index contributed by atoms with van der Waals surface area (Å²) in [5.41, 5.74) is 0.878. The van der Waals surface area contributed by atoms with E-state index in [-0.39, 0.29) is 23.6 Å². The average Bonchev–Trinajstić information content (AvgIpc) is 2.84. The topological polar surface area (TPSA) is 40.6 Å². The van der Waals surface area contributed by atoms with Crippen LogP contribution in [0.4, 0.5) is 5.69 Å². The lowest BCUT2D eigenvalue weighted by Crippen LogP contribution is -2.37. The van der Waals surface area contributed by atoms with Gasteiger partial charge in [0.1, 0.15) is 0 Å². The average molecular weight is 343 g/mol. The molecule has 2 aliphatic rings. The molecule has 1 aromatic carbocycles. The number of hydrogen-bond acceptors (Lipinski definition) is 3. The molecule has 1 aromatic rings. The first-order valence-corrected chi connectivity index (χ1v) is 9.20. The number of rotatable bonds is 3. The van der Waals surface area contributed by atoms with Crippen LogP contribution >= 0.6 is 23.8 Å². The minimum atomic E-state index is -3.03. The van der Waals surface area contributed by atoms with E-state index in [0.717, 1.165) is 5.69 Å². The van der Waals surface area contributed by atoms with E-state index in [4.69, 9.17) is 23.8 Å². The Morgan fingerprint density at radius 3 is 2.52 bits per heavy atom. The van der Waals surface area contributed by atoms with Gasteiger partial charge >= 0.3 is 0 Å². The highest BCUT2D eigenvalue weighted by molar-refractivity contribution is 7.91. The smallest absolute Gasteiger partial charge is 0.177 e. The van der Waals surface area contributed by atoms with Gasteiger partial charge in [-0.25, -0.2) is 8.42 Å². The van der Waals surface area contributed by atoms with E-state index in [0.29, 0.717) is 16.7 Å². The number of benzene rings is 1. The number of hydrogen-bond donors (Lipinski definition) is 0. The van der Waals surface area contributed by atoms with Crippen LogP contribution in [0, 0.1) is 0 Å². The van der Waals surface area contributed by atoms with Crippen molar-refractivity contribution in [2.75, 3.05) is 23.0 Å². The minimum Gasteiger partial charge on any atom is -0.339 e. The van der Waals surface area contributed by atoms with Crippen molar-refractivity contribution in [3.8, 4) is 0 Å². The molecule has 3 rings (SSSR count). The second-order valence-electron chi connectivity index (χ2n) is 5.28. The van der Waals surface area contributed by atoms with E-state index in [2.05, 4.69) is 6.58 Å². The summed E-state index contributed by atoms with van der Waals surface area (Å²) in [5.74, 6) is 0.282. The van der Waals surface area contributed by atoms with E-state index < -0.39 is 9.84 Å². The maximum absolute atomic E-state index is 12.0. The Balaban J connectivity index is 2.01. The molecule has 0 unspecified atom stereocenters. The molecule has 2 atom stereocenters. The molecule has 2 aliphatic heterocycles. The third-order valence-electron chi connectivity index (χ3n) is 3.91. The number of anilines is 1. The van der Waals surface area contributed by atoms with Crippen molar-refractivity contribution in [2.24, 2.45) is 0 Å². The monoisotopic (exact) mass is 342 g/mol. The molecular weight excluding hydrogens is 328 g/mol. The van der Waals surface area contributed by atoms with Crippen LogP contribution in [0.15, 0.2) is 36.9 Å². The standard InChI is InChI=1S/C14H15ClN2O2S2/c1-2-7-16-12-8-21(18,19)9-13(12)17(14(16)20)11-5-3-10(15)4-6-11/h2-6,12-13H,1,7-9H2/t12-,13+/m1/s1. The summed E-state index contributed by atoms with van der Waals surface area (Å²) < 4.78 is 24.0. The molecule has 0 aromatic heterocycles. The first-order chi connectivity index (χ1) is 9.93. The number of halogens is 1. The molecule has 2 saturated heterocycles. The van der Waals surface area contributed by atoms with Crippen molar-refractivity contribution in [1.82, 2.24) is 4.90 Å². The van der Waals surface area contributed by atoms with Crippen molar-refractivity contribution in [1.29, 1.82) is 0 Å². The molecule has 0 N–H and O–H groups in total. The third kappa shape index (κ3) is 2.56. The molecule has 4 nitrogen and oxygen atoms in total. The predicted octanol–water partition coefficient (Wildman–Crippen LogP) is 2.10. The summed E-state index contributed by atoms with van der Waals surface area (Å²) in [6.45, 7) is 4.29. The maximum atomic E-state index is 12.0. The van der Waals surface area contributed by atoms with E-state index in [1.54, 1.807) is 18.2 Å². The van der Waals surface area contributed by atoms with Gasteiger partial charge in [0.2, 0.25) is 0 Å². The molecule has 0 spiro atoms. The van der Waals surface area contributed by atoms with E-state index in [1.807, 2.05) is 21.9 Å². The lowest BCUT2D eigenvalue weighted by molar-refractivity contribution is 0.389. The van der Waals surface area contributed by atoms with Crippen LogP contribution < -0.4 is 4.90 Å². The Hall–Kier alpha value is -1.11. The van der Waals surface area contributed by atoms with E-state index >= 15 is 0 Å². The zero-order chi connectivity index (χ0) is 15.2. The zero-order valence-electron chi connectivity index (χ0n) is 11.3. The Kier molecular flexibility index (Phi) is 3.71. The summed E-state index contributed by atoms with van der Waals surface area (Å²) >= 11 is 11.5. The van der Waals surface area contributed by atoms with Crippen LogP contribution in [-0.4, -0.2) is 48.6 Å². The Morgan fingerprint density at radius 2 is 1.90 bits per heavy atom. The summed E-state index contributed by atoms with van der Waals surface area (Å²) in [5, 5.41) is 1.30. The summed E-state index contributed by atoms with van der Waals surface area (Å²) in [6.07, 6.45) is 1.75. The normalized spacial score (nSPS) is 27.0. The van der Waals surface area contributed by atoms with Gasteiger partial charge in [0.15, 0.2) is 14.9 Å². The molecule has 0 bridgehead atoms. The molecule has 21 heavy (non-hydrogen) atoms. The number of fused-ring (bicyclic) bond motifs is 1. The molecule has 2 heterocycles. The number of sulfone groups is 1. The molecule has 0 amide bonds. The highest BCUT2D eigenvalue weighted by Gasteiger charge is 2.51. The second kappa shape index (κ2) is 5.26. The first-order valence-electron chi connectivity index (χ1n) is 6.59. The van der Waals surface area contributed by atoms with Gasteiger partial charge in [-0.1, -0.05) is 17.7 Å². The van der Waals surface area contributed by atoms with Gasteiger partial charge in [-0.3, -0.25) is 0 Å². The summed E-state index contributed by atoms with van der Waals surface area (Å²) in [4.78, 5) is 3.89. The van der Waals surface area contributed by atoms with Crippen molar-refractivity contribution in [3.05, 3.63) is 41.9 Å². The highest BCUT2D eigenvalue weighted by Crippen LogP contribution is 2.35. The molecule has 2 fully saturated rings. The van der Waals surface area contributed by atoms with Crippen LogP contribution in [0.3, 0.4) is 0 Å². The molecule has 0 aliphatic carbocycles. The quantitative estimate of drug-likeness (QED) is 0.621. The largest absolute Gasteiger partial charge is 0.339 e. The summed E-state index contributed by atoms with van der Waals surface area (Å²) in [6, 6.07) is 7.07. The van der Waals surface area contributed by atoms with Crippen LogP contribution in [0.2, 0.25) is 5.02 Å². The van der Waals surface area contributed by atoms with Crippen molar-refractivity contribution >= 4 is 44.5 Å². The zero-order valence-corrected chi connectivity index (χ0v) is 13.7. The summed E-state index contributed by atoms with van der Waals surface area (Å²) in [7, 11) is -3.03. The lowest BCUT2D eigenvalue weighted by Gasteiger charge is -2.24. The van der Waals surface area contributed by atoms with Crippen LogP contribution in [-0.2, 0) is 9.84 Å². The van der Waals surface area contributed by atoms with Crippen molar-refractivity contribution in [2.45, 2.75) is 12.1 Å². The SMILES string of the molecule is C=CCN1C(=S)N(c2ccc(Cl)cc2)[C@H]2CS(=O)(=O)C[C@H]21. The fraction of sp³-hybridized carbons (Fsp3) is 0.357. The number of thiocarbonyl (C=S) groups is 1. The van der Waals surface area contributed by atoms with Crippen molar-refractivity contribution in [3.63, 3.8) is 0 Å². The molecule has 0 radical (unpaired) electrons. The van der Waals surface area contributed by atoms with Gasteiger partial charge < -0.3 is 9.80 Å². The van der Waals surface area contributed by atoms with Gasteiger partial charge in [-0.05, 0) is 36.5 Å². The second-order valence-corrected chi connectivity index (χ2v) is 8.24. The molecule has 112 valence electrons. The molecule has 0 saturated carbocycles. The fourth-order valence-corrected chi connectivity index (χ4v) is 5.56. The van der Waals surface area contributed by atoms with Gasteiger partial charge in [0, 0.05) is 17.3 Å². The van der Waals surface area contributed by atoms with Crippen LogP contribution in [0.25, 0.3) is 0 Å². The van der Waals surface area contributed by atoms with Gasteiger partial charge in [-0.15, -0.1) is 6.58 Å². The lowest BCUT2D eigenvalue weighted by atomic mass is 10.1. The Morgan fingerprint density at radius 1 is 1.29 bits per heavy atom. The third-order valence-corrected chi connectivity index (χ3v) is 6.29. The van der Waals surface area contributed by atoms with Gasteiger partial charge in [0.25, 0.3) is 0 Å². The van der Waals surface area contributed by atoms with Crippen LogP contribution in [0.5, 0.6) is 0 Å². The van der Waals surface area contributed by atoms with E-state index in [9.17, 15) is 8.42 Å². The number of nitrogens with zero attached hydrogens (tertiary/aromatic N) is 2. The first kappa shape index (κ1) is 14.8. The van der Waals surface area contributed by atoms with Crippen molar-refractivity contribution < 1.29 is 8.42 Å². The minimum absolute atomic E-state index is 0.101. The van der Waals surface area contributed by atoms with Gasteiger partial charge in [-0.2, -0.15) is 0 Å². The van der Waals surface area contributed by atoms with Gasteiger partial charge in [0.05, 0.1) is 23.6 Å². The predicted molar refractivity (Wildman–Crippen MR) is 89.7 cm³/mol. The fourth-order valence-electron chi connectivity index (χ4n) is 3.03. The highest BCUT2D eigenvalue weighted by atomic mass is 35.5. The molecular formula is C14H15ClN2O2S2. The van der Waals surface area contributed by atoms with Crippen LogP contribution in [0.1, 0.15) is 0 Å².